The van der Waals surface area contributed by atoms with E-state index in [2.05, 4.69) is 36.8 Å². The van der Waals surface area contributed by atoms with Crippen LogP contribution < -0.4 is 10.6 Å². The van der Waals surface area contributed by atoms with E-state index in [1.54, 1.807) is 28.8 Å². The number of H-pyrrole nitrogens is 1. The fraction of sp³-hybridized carbons (Fsp3) is 0.333. The molecule has 3 N–H and O–H groups in total. The minimum absolute atomic E-state index is 0.122. The van der Waals surface area contributed by atoms with Gasteiger partial charge in [0.15, 0.2) is 4.77 Å². The highest BCUT2D eigenvalue weighted by Gasteiger charge is 2.07. The van der Waals surface area contributed by atoms with E-state index in [1.165, 1.54) is 0 Å². The summed E-state index contributed by atoms with van der Waals surface area (Å²) in [5.74, 6) is 0.462. The molecule has 0 aliphatic rings. The zero-order chi connectivity index (χ0) is 17.5. The van der Waals surface area contributed by atoms with Crippen molar-refractivity contribution in [3.05, 3.63) is 44.9 Å². The Labute approximate surface area is 153 Å². The molecule has 24 heavy (non-hydrogen) atoms. The summed E-state index contributed by atoms with van der Waals surface area (Å²) in [4.78, 5) is 23.7. The average Bonchev–Trinajstić information content (AvgIpc) is 2.87. The largest absolute Gasteiger partial charge is 0.356 e. The lowest BCUT2D eigenvalue weighted by Crippen LogP contribution is -2.31. The van der Waals surface area contributed by atoms with E-state index in [0.717, 1.165) is 10.3 Å². The zero-order valence-corrected chi connectivity index (χ0v) is 15.5. The Morgan fingerprint density at radius 3 is 2.58 bits per heavy atom. The third-order valence-electron chi connectivity index (χ3n) is 3.39. The molecule has 2 amide bonds. The number of carbonyl (C=O) groups is 2. The maximum Gasteiger partial charge on any atom is 0.251 e. The van der Waals surface area contributed by atoms with Gasteiger partial charge in [0.05, 0.1) is 0 Å². The SMILES string of the molecule is Cn1c(CCNC(=O)CCNC(=O)c2ccc(Br)cc2)n[nH]c1=S. The number of aromatic amines is 1. The molecule has 2 rings (SSSR count). The van der Waals surface area contributed by atoms with Crippen LogP contribution in [0.25, 0.3) is 0 Å². The van der Waals surface area contributed by atoms with E-state index in [1.807, 2.05) is 7.05 Å². The predicted octanol–water partition coefficient (Wildman–Crippen LogP) is 1.72. The highest BCUT2D eigenvalue weighted by molar-refractivity contribution is 9.10. The molecule has 0 saturated heterocycles. The number of aromatic nitrogens is 3. The minimum atomic E-state index is -0.197. The quantitative estimate of drug-likeness (QED) is 0.604. The third-order valence-corrected chi connectivity index (χ3v) is 4.28. The molecule has 1 aromatic heterocycles. The molecule has 0 aliphatic carbocycles. The van der Waals surface area contributed by atoms with Crippen LogP contribution in [0.15, 0.2) is 28.7 Å². The van der Waals surface area contributed by atoms with Crippen LogP contribution in [0, 0.1) is 4.77 Å². The molecule has 0 saturated carbocycles. The maximum atomic E-state index is 11.9. The Hall–Kier alpha value is -2.00. The smallest absolute Gasteiger partial charge is 0.251 e. The Bertz CT molecular complexity index is 769. The second kappa shape index (κ2) is 8.74. The van der Waals surface area contributed by atoms with Gasteiger partial charge >= 0.3 is 0 Å². The second-order valence-corrected chi connectivity index (χ2v) is 6.42. The molecule has 1 aromatic carbocycles. The normalized spacial score (nSPS) is 10.4. The summed E-state index contributed by atoms with van der Waals surface area (Å²) in [6, 6.07) is 7.03. The van der Waals surface area contributed by atoms with Crippen LogP contribution in [0.2, 0.25) is 0 Å². The fourth-order valence-electron chi connectivity index (χ4n) is 2.00. The summed E-state index contributed by atoms with van der Waals surface area (Å²) in [5.41, 5.74) is 0.560. The number of hydrogen-bond donors (Lipinski definition) is 3. The van der Waals surface area contributed by atoms with Crippen LogP contribution in [-0.2, 0) is 18.3 Å². The molecule has 1 heterocycles. The Morgan fingerprint density at radius 1 is 1.25 bits per heavy atom. The van der Waals surface area contributed by atoms with Gasteiger partial charge in [-0.1, -0.05) is 15.9 Å². The summed E-state index contributed by atoms with van der Waals surface area (Å²) >= 11 is 8.33. The molecule has 0 radical (unpaired) electrons. The zero-order valence-electron chi connectivity index (χ0n) is 13.1. The third kappa shape index (κ3) is 5.27. The van der Waals surface area contributed by atoms with E-state index in [9.17, 15) is 9.59 Å². The molecule has 0 atom stereocenters. The number of carbonyl (C=O) groups excluding carboxylic acids is 2. The van der Waals surface area contributed by atoms with Gasteiger partial charge in [0.25, 0.3) is 5.91 Å². The van der Waals surface area contributed by atoms with Crippen molar-refractivity contribution in [2.24, 2.45) is 7.05 Å². The number of amides is 2. The first-order chi connectivity index (χ1) is 11.5. The van der Waals surface area contributed by atoms with Crippen LogP contribution in [0.4, 0.5) is 0 Å². The Balaban J connectivity index is 1.66. The predicted molar refractivity (Wildman–Crippen MR) is 96.2 cm³/mol. The standard InChI is InChI=1S/C15H18BrN5O2S/c1-21-12(19-20-15(21)24)6-8-17-13(22)7-9-18-14(23)10-2-4-11(16)5-3-10/h2-5H,6-9H2,1H3,(H,17,22)(H,18,23)(H,20,24). The van der Waals surface area contributed by atoms with Gasteiger partial charge in [-0.15, -0.1) is 0 Å². The first kappa shape index (κ1) is 18.3. The van der Waals surface area contributed by atoms with Gasteiger partial charge in [-0.25, -0.2) is 0 Å². The minimum Gasteiger partial charge on any atom is -0.356 e. The van der Waals surface area contributed by atoms with Crippen LogP contribution in [0.5, 0.6) is 0 Å². The van der Waals surface area contributed by atoms with Crippen molar-refractivity contribution in [2.45, 2.75) is 12.8 Å². The lowest BCUT2D eigenvalue weighted by molar-refractivity contribution is -0.120. The molecular formula is C15H18BrN5O2S. The van der Waals surface area contributed by atoms with E-state index in [0.29, 0.717) is 23.3 Å². The van der Waals surface area contributed by atoms with Gasteiger partial charge in [-0.05, 0) is 36.5 Å². The van der Waals surface area contributed by atoms with Crippen LogP contribution in [0.1, 0.15) is 22.6 Å². The number of hydrogen-bond acceptors (Lipinski definition) is 4. The molecule has 0 fully saturated rings. The number of nitrogens with zero attached hydrogens (tertiary/aromatic N) is 2. The number of benzene rings is 1. The van der Waals surface area contributed by atoms with Crippen molar-refractivity contribution < 1.29 is 9.59 Å². The van der Waals surface area contributed by atoms with Crippen molar-refractivity contribution in [1.29, 1.82) is 0 Å². The molecule has 0 bridgehead atoms. The fourth-order valence-corrected chi connectivity index (χ4v) is 2.41. The van der Waals surface area contributed by atoms with E-state index >= 15 is 0 Å². The molecule has 9 heteroatoms. The maximum absolute atomic E-state index is 11.9. The molecule has 7 nitrogen and oxygen atoms in total. The van der Waals surface area contributed by atoms with Crippen molar-refractivity contribution in [3.8, 4) is 0 Å². The second-order valence-electron chi connectivity index (χ2n) is 5.12. The van der Waals surface area contributed by atoms with Gasteiger partial charge < -0.3 is 15.2 Å². The highest BCUT2D eigenvalue weighted by Crippen LogP contribution is 2.10. The molecule has 0 aliphatic heterocycles. The Morgan fingerprint density at radius 2 is 1.96 bits per heavy atom. The van der Waals surface area contributed by atoms with Crippen molar-refractivity contribution in [2.75, 3.05) is 13.1 Å². The van der Waals surface area contributed by atoms with E-state index < -0.39 is 0 Å². The topological polar surface area (TPSA) is 91.8 Å². The van der Waals surface area contributed by atoms with E-state index in [-0.39, 0.29) is 24.8 Å². The van der Waals surface area contributed by atoms with Crippen molar-refractivity contribution in [1.82, 2.24) is 25.4 Å². The van der Waals surface area contributed by atoms with E-state index in [4.69, 9.17) is 12.2 Å². The van der Waals surface area contributed by atoms with Gasteiger partial charge in [0, 0.05) is 43.0 Å². The highest BCUT2D eigenvalue weighted by atomic mass is 79.9. The molecular weight excluding hydrogens is 394 g/mol. The summed E-state index contributed by atoms with van der Waals surface area (Å²) in [5, 5.41) is 12.3. The first-order valence-electron chi connectivity index (χ1n) is 7.38. The molecule has 0 spiro atoms. The van der Waals surface area contributed by atoms with Crippen LogP contribution >= 0.6 is 28.1 Å². The lowest BCUT2D eigenvalue weighted by Gasteiger charge is -2.07. The van der Waals surface area contributed by atoms with Gasteiger partial charge in [-0.2, -0.15) is 5.10 Å². The average molecular weight is 412 g/mol. The first-order valence-corrected chi connectivity index (χ1v) is 8.58. The Kier molecular flexibility index (Phi) is 6.68. The molecule has 0 unspecified atom stereocenters. The number of rotatable bonds is 7. The van der Waals surface area contributed by atoms with Crippen molar-refractivity contribution in [3.63, 3.8) is 0 Å². The van der Waals surface area contributed by atoms with Gasteiger partial charge in [0.2, 0.25) is 5.91 Å². The monoisotopic (exact) mass is 411 g/mol. The van der Waals surface area contributed by atoms with Crippen LogP contribution in [-0.4, -0.2) is 39.7 Å². The summed E-state index contributed by atoms with van der Waals surface area (Å²) < 4.78 is 3.22. The summed E-state index contributed by atoms with van der Waals surface area (Å²) in [6.07, 6.45) is 0.807. The van der Waals surface area contributed by atoms with Crippen LogP contribution in [0.3, 0.4) is 0 Å². The van der Waals surface area contributed by atoms with Gasteiger partial charge in [0.1, 0.15) is 5.82 Å². The molecule has 128 valence electrons. The summed E-state index contributed by atoms with van der Waals surface area (Å²) in [6.45, 7) is 0.750. The lowest BCUT2D eigenvalue weighted by atomic mass is 10.2. The molecule has 2 aromatic rings. The number of nitrogens with one attached hydrogen (secondary N) is 3. The number of halogens is 1. The van der Waals surface area contributed by atoms with Gasteiger partial charge in [-0.3, -0.25) is 14.7 Å². The summed E-state index contributed by atoms with van der Waals surface area (Å²) in [7, 11) is 1.82. The van der Waals surface area contributed by atoms with Crippen molar-refractivity contribution >= 4 is 40.0 Å².